The molecule has 0 saturated heterocycles. The average molecular weight is 527 g/mol. The van der Waals surface area contributed by atoms with Gasteiger partial charge in [-0.3, -0.25) is 14.4 Å². The monoisotopic (exact) mass is 526 g/mol. The highest BCUT2D eigenvalue weighted by atomic mass is 16.6. The molecule has 2 rings (SSSR count). The molecule has 38 heavy (non-hydrogen) atoms. The quantitative estimate of drug-likeness (QED) is 0.373. The number of amides is 4. The number of alkyl carbamates (subject to hydrolysis) is 1. The number of benzene rings is 2. The minimum absolute atomic E-state index is 0.108. The minimum atomic E-state index is -0.788. The highest BCUT2D eigenvalue weighted by Crippen LogP contribution is 2.18. The van der Waals surface area contributed by atoms with E-state index in [9.17, 15) is 19.2 Å². The van der Waals surface area contributed by atoms with Crippen molar-refractivity contribution in [3.05, 3.63) is 48.0 Å². The molecule has 0 aliphatic carbocycles. The van der Waals surface area contributed by atoms with Gasteiger partial charge >= 0.3 is 6.09 Å². The first-order chi connectivity index (χ1) is 17.6. The molecular weight excluding hydrogens is 484 g/mol. The van der Waals surface area contributed by atoms with Crippen molar-refractivity contribution in [1.82, 2.24) is 21.3 Å². The topological polar surface area (TPSA) is 126 Å². The summed E-state index contributed by atoms with van der Waals surface area (Å²) in [5.41, 5.74) is -0.126. The third-order valence-electron chi connectivity index (χ3n) is 5.49. The van der Waals surface area contributed by atoms with Crippen LogP contribution >= 0.6 is 0 Å². The Balaban J connectivity index is 1.94. The standard InChI is InChI=1S/C29H42N4O5/c1-19(26(36)30-18-21-13-10-12-20-11-8-9-14-23(20)21)31-25(35)17-22(32-27(37)38-29(5,6)7)15-16-24(34)33-28(2,3)4/h8-14,19,22H,15-18H2,1-7H3,(H,30,36)(H,31,35)(H,32,37)(H,33,34). The van der Waals surface area contributed by atoms with Crippen LogP contribution in [0.2, 0.25) is 0 Å². The lowest BCUT2D eigenvalue weighted by molar-refractivity contribution is -0.129. The fraction of sp³-hybridized carbons (Fsp3) is 0.517. The molecule has 208 valence electrons. The Hall–Kier alpha value is -3.62. The molecule has 0 aliphatic heterocycles. The molecule has 2 atom stereocenters. The summed E-state index contributed by atoms with van der Waals surface area (Å²) in [7, 11) is 0. The predicted octanol–water partition coefficient (Wildman–Crippen LogP) is 3.94. The lowest BCUT2D eigenvalue weighted by atomic mass is 10.0. The number of carbonyl (C=O) groups excluding carboxylic acids is 4. The van der Waals surface area contributed by atoms with Crippen LogP contribution in [0.25, 0.3) is 10.8 Å². The predicted molar refractivity (Wildman–Crippen MR) is 148 cm³/mol. The van der Waals surface area contributed by atoms with E-state index in [0.29, 0.717) is 6.54 Å². The van der Waals surface area contributed by atoms with Gasteiger partial charge in [-0.15, -0.1) is 0 Å². The van der Waals surface area contributed by atoms with Crippen LogP contribution < -0.4 is 21.3 Å². The number of hydrogen-bond acceptors (Lipinski definition) is 5. The maximum atomic E-state index is 12.8. The summed E-state index contributed by atoms with van der Waals surface area (Å²) < 4.78 is 5.31. The molecule has 4 N–H and O–H groups in total. The summed E-state index contributed by atoms with van der Waals surface area (Å²) in [6.07, 6.45) is -0.432. The average Bonchev–Trinajstić information content (AvgIpc) is 2.78. The molecule has 2 aromatic carbocycles. The van der Waals surface area contributed by atoms with Crippen LogP contribution in [0.3, 0.4) is 0 Å². The Bertz CT molecular complexity index is 1130. The van der Waals surface area contributed by atoms with Gasteiger partial charge in [-0.05, 0) is 71.2 Å². The highest BCUT2D eigenvalue weighted by molar-refractivity contribution is 5.89. The lowest BCUT2D eigenvalue weighted by Gasteiger charge is -2.25. The van der Waals surface area contributed by atoms with Crippen LogP contribution in [-0.2, 0) is 25.7 Å². The van der Waals surface area contributed by atoms with E-state index in [2.05, 4.69) is 21.3 Å². The van der Waals surface area contributed by atoms with E-state index in [0.717, 1.165) is 16.3 Å². The van der Waals surface area contributed by atoms with E-state index >= 15 is 0 Å². The summed E-state index contributed by atoms with van der Waals surface area (Å²) in [4.78, 5) is 50.1. The molecule has 9 heteroatoms. The molecule has 0 bridgehead atoms. The van der Waals surface area contributed by atoms with Crippen LogP contribution in [0, 0.1) is 0 Å². The maximum Gasteiger partial charge on any atom is 0.407 e. The number of nitrogens with one attached hydrogen (secondary N) is 4. The smallest absolute Gasteiger partial charge is 0.407 e. The van der Waals surface area contributed by atoms with Gasteiger partial charge in [-0.1, -0.05) is 42.5 Å². The Morgan fingerprint density at radius 2 is 1.53 bits per heavy atom. The summed E-state index contributed by atoms with van der Waals surface area (Å²) in [6.45, 7) is 12.8. The van der Waals surface area contributed by atoms with E-state index in [1.54, 1.807) is 27.7 Å². The Morgan fingerprint density at radius 1 is 0.868 bits per heavy atom. The van der Waals surface area contributed by atoms with Crippen molar-refractivity contribution in [3.63, 3.8) is 0 Å². The number of ether oxygens (including phenoxy) is 1. The zero-order chi connectivity index (χ0) is 28.5. The summed E-state index contributed by atoms with van der Waals surface area (Å²) in [6, 6.07) is 12.4. The highest BCUT2D eigenvalue weighted by Gasteiger charge is 2.24. The number of carbonyl (C=O) groups is 4. The number of fused-ring (bicyclic) bond motifs is 1. The van der Waals surface area contributed by atoms with E-state index in [1.165, 1.54) is 0 Å². The van der Waals surface area contributed by atoms with Crippen LogP contribution in [0.15, 0.2) is 42.5 Å². The second-order valence-corrected chi connectivity index (χ2v) is 11.5. The van der Waals surface area contributed by atoms with E-state index in [4.69, 9.17) is 4.74 Å². The number of hydrogen-bond donors (Lipinski definition) is 4. The van der Waals surface area contributed by atoms with E-state index < -0.39 is 35.2 Å². The van der Waals surface area contributed by atoms with Crippen LogP contribution in [0.4, 0.5) is 4.79 Å². The Kier molecular flexibility index (Phi) is 10.7. The fourth-order valence-corrected chi connectivity index (χ4v) is 3.86. The van der Waals surface area contributed by atoms with Crippen molar-refractivity contribution in [2.75, 3.05) is 0 Å². The molecule has 0 spiro atoms. The second kappa shape index (κ2) is 13.3. The zero-order valence-electron chi connectivity index (χ0n) is 23.6. The van der Waals surface area contributed by atoms with Gasteiger partial charge in [0, 0.05) is 31.0 Å². The molecule has 0 aromatic heterocycles. The summed E-state index contributed by atoms with van der Waals surface area (Å²) >= 11 is 0. The molecule has 0 saturated carbocycles. The molecule has 0 heterocycles. The molecular formula is C29H42N4O5. The van der Waals surface area contributed by atoms with Gasteiger partial charge in [0.25, 0.3) is 0 Å². The summed E-state index contributed by atoms with van der Waals surface area (Å²) in [5.74, 6) is -0.933. The van der Waals surface area contributed by atoms with Crippen molar-refractivity contribution in [3.8, 4) is 0 Å². The number of rotatable bonds is 10. The van der Waals surface area contributed by atoms with Crippen molar-refractivity contribution in [2.45, 2.75) is 97.5 Å². The van der Waals surface area contributed by atoms with E-state index in [-0.39, 0.29) is 31.1 Å². The van der Waals surface area contributed by atoms with Crippen molar-refractivity contribution in [1.29, 1.82) is 0 Å². The van der Waals surface area contributed by atoms with Gasteiger partial charge < -0.3 is 26.0 Å². The third kappa shape index (κ3) is 11.2. The molecule has 2 unspecified atom stereocenters. The van der Waals surface area contributed by atoms with Crippen LogP contribution in [-0.4, -0.2) is 47.0 Å². The zero-order valence-corrected chi connectivity index (χ0v) is 23.6. The third-order valence-corrected chi connectivity index (χ3v) is 5.49. The maximum absolute atomic E-state index is 12.8. The van der Waals surface area contributed by atoms with Gasteiger partial charge in [0.15, 0.2) is 0 Å². The second-order valence-electron chi connectivity index (χ2n) is 11.5. The molecule has 0 fully saturated rings. The van der Waals surface area contributed by atoms with Gasteiger partial charge in [0.2, 0.25) is 17.7 Å². The lowest BCUT2D eigenvalue weighted by Crippen LogP contribution is -2.47. The normalized spacial score (nSPS) is 13.2. The molecule has 0 aliphatic rings. The minimum Gasteiger partial charge on any atom is -0.444 e. The molecule has 2 aromatic rings. The molecule has 9 nitrogen and oxygen atoms in total. The molecule has 0 radical (unpaired) electrons. The Morgan fingerprint density at radius 3 is 2.18 bits per heavy atom. The molecule has 4 amide bonds. The van der Waals surface area contributed by atoms with Crippen LogP contribution in [0.5, 0.6) is 0 Å². The van der Waals surface area contributed by atoms with Crippen molar-refractivity contribution < 1.29 is 23.9 Å². The fourth-order valence-electron chi connectivity index (χ4n) is 3.86. The largest absolute Gasteiger partial charge is 0.444 e. The SMILES string of the molecule is CC(NC(=O)CC(CCC(=O)NC(C)(C)C)NC(=O)OC(C)(C)C)C(=O)NCc1cccc2ccccc12. The summed E-state index contributed by atoms with van der Waals surface area (Å²) in [5, 5.41) is 13.3. The van der Waals surface area contributed by atoms with Gasteiger partial charge in [-0.25, -0.2) is 4.79 Å². The first-order valence-electron chi connectivity index (χ1n) is 13.0. The first-order valence-corrected chi connectivity index (χ1v) is 13.0. The first kappa shape index (κ1) is 30.6. The van der Waals surface area contributed by atoms with Gasteiger partial charge in [0.05, 0.1) is 0 Å². The van der Waals surface area contributed by atoms with E-state index in [1.807, 2.05) is 63.2 Å². The van der Waals surface area contributed by atoms with Crippen LogP contribution in [0.1, 0.15) is 73.3 Å². The van der Waals surface area contributed by atoms with Gasteiger partial charge in [0.1, 0.15) is 11.6 Å². The van der Waals surface area contributed by atoms with Crippen molar-refractivity contribution >= 4 is 34.6 Å². The van der Waals surface area contributed by atoms with Crippen molar-refractivity contribution in [2.24, 2.45) is 0 Å². The Labute approximate surface area is 225 Å². The van der Waals surface area contributed by atoms with Gasteiger partial charge in [-0.2, -0.15) is 0 Å².